The van der Waals surface area contributed by atoms with Crippen molar-refractivity contribution in [2.24, 2.45) is 7.05 Å². The Labute approximate surface area is 135 Å². The SMILES string of the molecule is CC(c1nc2c(F)cc(F)c(F)c2[nH]1)c1nc2ccccc2n1C. The minimum atomic E-state index is -1.24. The van der Waals surface area contributed by atoms with Crippen molar-refractivity contribution in [1.82, 2.24) is 19.5 Å². The molecule has 1 N–H and O–H groups in total. The summed E-state index contributed by atoms with van der Waals surface area (Å²) >= 11 is 0. The first-order valence-electron chi connectivity index (χ1n) is 7.42. The van der Waals surface area contributed by atoms with Crippen LogP contribution in [-0.4, -0.2) is 19.5 Å². The highest BCUT2D eigenvalue weighted by molar-refractivity contribution is 5.78. The fourth-order valence-corrected chi connectivity index (χ4v) is 2.96. The monoisotopic (exact) mass is 330 g/mol. The highest BCUT2D eigenvalue weighted by Gasteiger charge is 2.23. The zero-order chi connectivity index (χ0) is 17.0. The molecular formula is C17H13F3N4. The number of fused-ring (bicyclic) bond motifs is 2. The summed E-state index contributed by atoms with van der Waals surface area (Å²) in [6, 6.07) is 8.12. The van der Waals surface area contributed by atoms with E-state index in [1.54, 1.807) is 0 Å². The van der Waals surface area contributed by atoms with Crippen molar-refractivity contribution in [3.05, 3.63) is 59.4 Å². The molecule has 1 unspecified atom stereocenters. The van der Waals surface area contributed by atoms with E-state index >= 15 is 0 Å². The number of halogens is 3. The number of nitrogens with zero attached hydrogens (tertiary/aromatic N) is 3. The molecule has 4 rings (SSSR count). The second kappa shape index (κ2) is 5.09. The van der Waals surface area contributed by atoms with E-state index in [2.05, 4.69) is 15.0 Å². The van der Waals surface area contributed by atoms with Gasteiger partial charge in [0.25, 0.3) is 0 Å². The van der Waals surface area contributed by atoms with Gasteiger partial charge < -0.3 is 9.55 Å². The number of hydrogen-bond acceptors (Lipinski definition) is 2. The normalized spacial score (nSPS) is 13.0. The van der Waals surface area contributed by atoms with Gasteiger partial charge in [0.1, 0.15) is 22.7 Å². The molecular weight excluding hydrogens is 317 g/mol. The first kappa shape index (κ1) is 14.7. The molecule has 0 saturated carbocycles. The summed E-state index contributed by atoms with van der Waals surface area (Å²) in [6.45, 7) is 1.82. The van der Waals surface area contributed by atoms with E-state index in [1.807, 2.05) is 42.8 Å². The molecule has 1 atom stereocenters. The standard InChI is InChI=1S/C17H13F3N4/c1-8(17-21-11-5-3-4-6-12(11)24(17)2)16-22-14-10(19)7-9(18)13(20)15(14)23-16/h3-8H,1-2H3,(H,22,23). The van der Waals surface area contributed by atoms with E-state index < -0.39 is 17.5 Å². The quantitative estimate of drug-likeness (QED) is 0.564. The van der Waals surface area contributed by atoms with Crippen molar-refractivity contribution in [3.63, 3.8) is 0 Å². The highest BCUT2D eigenvalue weighted by atomic mass is 19.2. The number of aromatic nitrogens is 4. The molecule has 2 heterocycles. The smallest absolute Gasteiger partial charge is 0.184 e. The molecule has 2 aromatic carbocycles. The second-order valence-electron chi connectivity index (χ2n) is 5.74. The number of benzene rings is 2. The fourth-order valence-electron chi connectivity index (χ4n) is 2.96. The van der Waals surface area contributed by atoms with Crippen LogP contribution in [0.4, 0.5) is 13.2 Å². The number of imidazole rings is 2. The summed E-state index contributed by atoms with van der Waals surface area (Å²) in [5, 5.41) is 0. The molecule has 0 spiro atoms. The molecule has 0 bridgehead atoms. The van der Waals surface area contributed by atoms with Crippen LogP contribution in [0.15, 0.2) is 30.3 Å². The number of aryl methyl sites for hydroxylation is 1. The Hall–Kier alpha value is -2.83. The van der Waals surface area contributed by atoms with Crippen LogP contribution in [0, 0.1) is 17.5 Å². The van der Waals surface area contributed by atoms with E-state index in [9.17, 15) is 13.2 Å². The van der Waals surface area contributed by atoms with E-state index in [0.29, 0.717) is 17.7 Å². The summed E-state index contributed by atoms with van der Waals surface area (Å²) < 4.78 is 43.0. The molecule has 4 aromatic rings. The Morgan fingerprint density at radius 3 is 2.58 bits per heavy atom. The maximum atomic E-state index is 13.9. The average molecular weight is 330 g/mol. The largest absolute Gasteiger partial charge is 0.339 e. The van der Waals surface area contributed by atoms with Gasteiger partial charge in [-0.2, -0.15) is 0 Å². The van der Waals surface area contributed by atoms with Gasteiger partial charge in [-0.3, -0.25) is 0 Å². The molecule has 0 amide bonds. The van der Waals surface area contributed by atoms with Crippen LogP contribution in [0.5, 0.6) is 0 Å². The summed E-state index contributed by atoms with van der Waals surface area (Å²) in [5.74, 6) is -2.61. The van der Waals surface area contributed by atoms with Crippen molar-refractivity contribution < 1.29 is 13.2 Å². The number of rotatable bonds is 2. The average Bonchev–Trinajstić information content (AvgIpc) is 3.15. The van der Waals surface area contributed by atoms with Gasteiger partial charge in [0.05, 0.1) is 17.0 Å². The van der Waals surface area contributed by atoms with Crippen LogP contribution in [0.3, 0.4) is 0 Å². The number of nitrogens with one attached hydrogen (secondary N) is 1. The Bertz CT molecular complexity index is 1080. The van der Waals surface area contributed by atoms with Gasteiger partial charge in [-0.25, -0.2) is 23.1 Å². The third-order valence-electron chi connectivity index (χ3n) is 4.25. The van der Waals surface area contributed by atoms with E-state index in [-0.39, 0.29) is 17.0 Å². The molecule has 2 aromatic heterocycles. The highest BCUT2D eigenvalue weighted by Crippen LogP contribution is 2.28. The van der Waals surface area contributed by atoms with Gasteiger partial charge in [-0.1, -0.05) is 12.1 Å². The lowest BCUT2D eigenvalue weighted by Gasteiger charge is -2.08. The van der Waals surface area contributed by atoms with Crippen molar-refractivity contribution in [2.75, 3.05) is 0 Å². The van der Waals surface area contributed by atoms with Gasteiger partial charge in [0.2, 0.25) is 0 Å². The molecule has 0 fully saturated rings. The van der Waals surface area contributed by atoms with Crippen LogP contribution >= 0.6 is 0 Å². The molecule has 0 radical (unpaired) electrons. The summed E-state index contributed by atoms with van der Waals surface area (Å²) in [4.78, 5) is 11.4. The summed E-state index contributed by atoms with van der Waals surface area (Å²) in [5.41, 5.74) is 1.28. The number of aromatic amines is 1. The fraction of sp³-hybridized carbons (Fsp3) is 0.176. The second-order valence-corrected chi connectivity index (χ2v) is 5.74. The first-order chi connectivity index (χ1) is 11.5. The molecule has 7 heteroatoms. The van der Waals surface area contributed by atoms with E-state index in [4.69, 9.17) is 0 Å². The lowest BCUT2D eigenvalue weighted by Crippen LogP contribution is -2.06. The van der Waals surface area contributed by atoms with Gasteiger partial charge in [0, 0.05) is 13.1 Å². The Morgan fingerprint density at radius 1 is 1.08 bits per heavy atom. The topological polar surface area (TPSA) is 46.5 Å². The van der Waals surface area contributed by atoms with Crippen molar-refractivity contribution >= 4 is 22.1 Å². The third-order valence-corrected chi connectivity index (χ3v) is 4.25. The predicted octanol–water partition coefficient (Wildman–Crippen LogP) is 4.02. The van der Waals surface area contributed by atoms with Crippen LogP contribution in [0.2, 0.25) is 0 Å². The van der Waals surface area contributed by atoms with Gasteiger partial charge in [-0.05, 0) is 19.1 Å². The number of hydrogen-bond donors (Lipinski definition) is 1. The van der Waals surface area contributed by atoms with Crippen LogP contribution in [0.1, 0.15) is 24.5 Å². The Morgan fingerprint density at radius 2 is 1.83 bits per heavy atom. The minimum absolute atomic E-state index is 0.213. The molecule has 0 aliphatic rings. The van der Waals surface area contributed by atoms with E-state index in [0.717, 1.165) is 11.0 Å². The van der Waals surface area contributed by atoms with Crippen LogP contribution < -0.4 is 0 Å². The Balaban J connectivity index is 1.88. The third kappa shape index (κ3) is 2.01. The predicted molar refractivity (Wildman–Crippen MR) is 84.2 cm³/mol. The molecule has 0 saturated heterocycles. The van der Waals surface area contributed by atoms with Crippen molar-refractivity contribution in [2.45, 2.75) is 12.8 Å². The van der Waals surface area contributed by atoms with Crippen LogP contribution in [-0.2, 0) is 7.05 Å². The number of H-pyrrole nitrogens is 1. The van der Waals surface area contributed by atoms with Crippen molar-refractivity contribution in [3.8, 4) is 0 Å². The zero-order valence-electron chi connectivity index (χ0n) is 12.9. The molecule has 122 valence electrons. The van der Waals surface area contributed by atoms with Gasteiger partial charge >= 0.3 is 0 Å². The first-order valence-corrected chi connectivity index (χ1v) is 7.42. The van der Waals surface area contributed by atoms with Crippen LogP contribution in [0.25, 0.3) is 22.1 Å². The molecule has 4 nitrogen and oxygen atoms in total. The Kier molecular flexibility index (Phi) is 3.13. The maximum absolute atomic E-state index is 13.9. The molecule has 0 aliphatic carbocycles. The molecule has 24 heavy (non-hydrogen) atoms. The van der Waals surface area contributed by atoms with E-state index in [1.165, 1.54) is 0 Å². The zero-order valence-corrected chi connectivity index (χ0v) is 12.9. The lowest BCUT2D eigenvalue weighted by molar-refractivity contribution is 0.504. The van der Waals surface area contributed by atoms with Gasteiger partial charge in [-0.15, -0.1) is 0 Å². The van der Waals surface area contributed by atoms with Gasteiger partial charge in [0.15, 0.2) is 17.5 Å². The van der Waals surface area contributed by atoms with Crippen molar-refractivity contribution in [1.29, 1.82) is 0 Å². The lowest BCUT2D eigenvalue weighted by atomic mass is 10.1. The molecule has 0 aliphatic heterocycles. The minimum Gasteiger partial charge on any atom is -0.339 e. The maximum Gasteiger partial charge on any atom is 0.184 e. The summed E-state index contributed by atoms with van der Waals surface area (Å²) in [6.07, 6.45) is 0. The summed E-state index contributed by atoms with van der Waals surface area (Å²) in [7, 11) is 1.87. The number of para-hydroxylation sites is 2.